The molecule has 1 fully saturated rings. The van der Waals surface area contributed by atoms with Gasteiger partial charge < -0.3 is 9.64 Å². The van der Waals surface area contributed by atoms with E-state index in [2.05, 4.69) is 4.74 Å². The van der Waals surface area contributed by atoms with E-state index >= 15 is 0 Å². The highest BCUT2D eigenvalue weighted by atomic mass is 32.2. The maximum atomic E-state index is 11.9. The third kappa shape index (κ3) is 4.76. The summed E-state index contributed by atoms with van der Waals surface area (Å²) in [5.74, 6) is 0.623. The number of ether oxygens (including phenoxy) is 1. The molecule has 0 saturated heterocycles. The molecule has 0 aromatic carbocycles. The summed E-state index contributed by atoms with van der Waals surface area (Å²) in [5.41, 5.74) is -0.126. The number of esters is 1. The van der Waals surface area contributed by atoms with Gasteiger partial charge in [-0.1, -0.05) is 0 Å². The van der Waals surface area contributed by atoms with E-state index in [9.17, 15) is 13.8 Å². The van der Waals surface area contributed by atoms with Crippen LogP contribution in [0.4, 0.5) is 0 Å². The zero-order valence-corrected chi connectivity index (χ0v) is 12.0. The molecule has 1 atom stereocenters. The van der Waals surface area contributed by atoms with E-state index in [0.29, 0.717) is 24.3 Å². The van der Waals surface area contributed by atoms with E-state index in [-0.39, 0.29) is 17.3 Å². The number of carbonyl (C=O) groups is 2. The first-order valence-corrected chi connectivity index (χ1v) is 7.49. The number of carbonyl (C=O) groups excluding carboxylic acids is 2. The maximum absolute atomic E-state index is 11.9. The second kappa shape index (κ2) is 6.31. The molecule has 5 nitrogen and oxygen atoms in total. The monoisotopic (exact) mass is 275 g/mol. The van der Waals surface area contributed by atoms with Crippen LogP contribution in [0.5, 0.6) is 0 Å². The highest BCUT2D eigenvalue weighted by molar-refractivity contribution is 7.85. The molecule has 1 rings (SSSR count). The number of amides is 1. The molecule has 1 aliphatic carbocycles. The van der Waals surface area contributed by atoms with Gasteiger partial charge in [-0.2, -0.15) is 0 Å². The van der Waals surface area contributed by atoms with Crippen molar-refractivity contribution in [2.24, 2.45) is 5.41 Å². The molecule has 6 heteroatoms. The summed E-state index contributed by atoms with van der Waals surface area (Å²) in [7, 11) is 3.70. The van der Waals surface area contributed by atoms with Crippen LogP contribution in [0.25, 0.3) is 0 Å². The van der Waals surface area contributed by atoms with Crippen molar-refractivity contribution in [3.05, 3.63) is 0 Å². The van der Waals surface area contributed by atoms with Gasteiger partial charge in [-0.15, -0.1) is 0 Å². The average Bonchev–Trinajstić information content (AvgIpc) is 3.05. The van der Waals surface area contributed by atoms with Crippen LogP contribution in [0.2, 0.25) is 0 Å². The Hall–Kier alpha value is -0.910. The first kappa shape index (κ1) is 15.1. The molecule has 0 aliphatic heterocycles. The predicted octanol–water partition coefficient (Wildman–Crippen LogP) is 0.557. The van der Waals surface area contributed by atoms with Gasteiger partial charge >= 0.3 is 5.97 Å². The predicted molar refractivity (Wildman–Crippen MR) is 69.5 cm³/mol. The lowest BCUT2D eigenvalue weighted by molar-refractivity contribution is -0.141. The van der Waals surface area contributed by atoms with E-state index in [1.54, 1.807) is 14.1 Å². The van der Waals surface area contributed by atoms with Crippen LogP contribution in [-0.2, 0) is 25.1 Å². The SMILES string of the molecule is COC(=O)CC1(CS(=O)CCC(=O)N(C)C)CC1. The number of methoxy groups -OCH3 is 1. The fraction of sp³-hybridized carbons (Fsp3) is 0.833. The molecule has 1 saturated carbocycles. The van der Waals surface area contributed by atoms with Gasteiger partial charge in [-0.05, 0) is 18.3 Å². The molecule has 0 spiro atoms. The van der Waals surface area contributed by atoms with E-state index in [1.165, 1.54) is 12.0 Å². The topological polar surface area (TPSA) is 63.7 Å². The van der Waals surface area contributed by atoms with Gasteiger partial charge in [0.05, 0.1) is 13.5 Å². The lowest BCUT2D eigenvalue weighted by atomic mass is 10.1. The third-order valence-electron chi connectivity index (χ3n) is 3.21. The minimum Gasteiger partial charge on any atom is -0.469 e. The fourth-order valence-corrected chi connectivity index (χ4v) is 3.39. The zero-order chi connectivity index (χ0) is 13.8. The Morgan fingerprint density at radius 3 is 2.39 bits per heavy atom. The minimum absolute atomic E-state index is 0.0128. The summed E-state index contributed by atoms with van der Waals surface area (Å²) >= 11 is 0. The number of hydrogen-bond acceptors (Lipinski definition) is 4. The van der Waals surface area contributed by atoms with Crippen molar-refractivity contribution in [3.8, 4) is 0 Å². The Labute approximate surface area is 110 Å². The standard InChI is InChI=1S/C12H21NO4S/c1-13(2)10(14)4-7-18(16)9-12(5-6-12)8-11(15)17-3/h4-9H2,1-3H3. The quantitative estimate of drug-likeness (QED) is 0.637. The van der Waals surface area contributed by atoms with Crippen LogP contribution in [0.15, 0.2) is 0 Å². The largest absolute Gasteiger partial charge is 0.469 e. The minimum atomic E-state index is -1.04. The van der Waals surface area contributed by atoms with E-state index in [0.717, 1.165) is 12.8 Å². The Morgan fingerprint density at radius 2 is 1.94 bits per heavy atom. The average molecular weight is 275 g/mol. The first-order chi connectivity index (χ1) is 8.38. The number of hydrogen-bond donors (Lipinski definition) is 0. The van der Waals surface area contributed by atoms with Crippen molar-refractivity contribution in [1.82, 2.24) is 4.90 Å². The molecule has 18 heavy (non-hydrogen) atoms. The van der Waals surface area contributed by atoms with Crippen molar-refractivity contribution in [2.75, 3.05) is 32.7 Å². The van der Waals surface area contributed by atoms with Crippen LogP contribution in [0.3, 0.4) is 0 Å². The van der Waals surface area contributed by atoms with Crippen LogP contribution >= 0.6 is 0 Å². The molecule has 0 heterocycles. The molecular formula is C12H21NO4S. The van der Waals surface area contributed by atoms with Crippen LogP contribution < -0.4 is 0 Å². The Kier molecular flexibility index (Phi) is 5.31. The van der Waals surface area contributed by atoms with Crippen molar-refractivity contribution in [2.45, 2.75) is 25.7 Å². The zero-order valence-electron chi connectivity index (χ0n) is 11.2. The number of rotatable bonds is 7. The van der Waals surface area contributed by atoms with E-state index in [4.69, 9.17) is 0 Å². The summed E-state index contributed by atoms with van der Waals surface area (Å²) in [4.78, 5) is 24.1. The van der Waals surface area contributed by atoms with E-state index < -0.39 is 10.8 Å². The van der Waals surface area contributed by atoms with Gasteiger partial charge in [0.1, 0.15) is 0 Å². The Bertz CT molecular complexity index is 350. The molecule has 1 amide bonds. The summed E-state index contributed by atoms with van der Waals surface area (Å²) in [6.07, 6.45) is 2.50. The normalized spacial score (nSPS) is 17.9. The van der Waals surface area contributed by atoms with Gasteiger partial charge in [0.25, 0.3) is 0 Å². The summed E-state index contributed by atoms with van der Waals surface area (Å²) in [6.45, 7) is 0. The highest BCUT2D eigenvalue weighted by Crippen LogP contribution is 2.49. The van der Waals surface area contributed by atoms with Gasteiger partial charge in [0.15, 0.2) is 0 Å². The molecule has 0 N–H and O–H groups in total. The lowest BCUT2D eigenvalue weighted by Gasteiger charge is -2.14. The van der Waals surface area contributed by atoms with Gasteiger partial charge in [-0.25, -0.2) is 0 Å². The van der Waals surface area contributed by atoms with Gasteiger partial charge in [0.2, 0.25) is 5.91 Å². The van der Waals surface area contributed by atoms with Gasteiger partial charge in [0, 0.05) is 42.8 Å². The maximum Gasteiger partial charge on any atom is 0.306 e. The molecule has 0 aromatic heterocycles. The summed E-state index contributed by atoms with van der Waals surface area (Å²) < 4.78 is 16.5. The molecule has 0 aromatic rings. The highest BCUT2D eigenvalue weighted by Gasteiger charge is 2.45. The first-order valence-electron chi connectivity index (χ1n) is 6.00. The Morgan fingerprint density at radius 1 is 1.33 bits per heavy atom. The summed E-state index contributed by atoms with van der Waals surface area (Å²) in [5, 5.41) is 0. The summed E-state index contributed by atoms with van der Waals surface area (Å²) in [6, 6.07) is 0. The van der Waals surface area contributed by atoms with Crippen molar-refractivity contribution >= 4 is 22.7 Å². The van der Waals surface area contributed by atoms with Crippen LogP contribution in [0.1, 0.15) is 25.7 Å². The van der Waals surface area contributed by atoms with Gasteiger partial charge in [-0.3, -0.25) is 13.8 Å². The second-order valence-electron chi connectivity index (χ2n) is 5.08. The fourth-order valence-electron chi connectivity index (χ4n) is 1.77. The van der Waals surface area contributed by atoms with E-state index in [1.807, 2.05) is 0 Å². The number of nitrogens with zero attached hydrogens (tertiary/aromatic N) is 1. The molecule has 0 radical (unpaired) electrons. The third-order valence-corrected chi connectivity index (χ3v) is 4.81. The molecule has 1 aliphatic rings. The van der Waals surface area contributed by atoms with Crippen LogP contribution in [-0.4, -0.2) is 53.7 Å². The second-order valence-corrected chi connectivity index (χ2v) is 6.66. The smallest absolute Gasteiger partial charge is 0.306 e. The van der Waals surface area contributed by atoms with Crippen LogP contribution in [0, 0.1) is 5.41 Å². The lowest BCUT2D eigenvalue weighted by Crippen LogP contribution is -2.25. The Balaban J connectivity index is 2.32. The van der Waals surface area contributed by atoms with Crippen molar-refractivity contribution < 1.29 is 18.5 Å². The molecule has 1 unspecified atom stereocenters. The molecular weight excluding hydrogens is 254 g/mol. The van der Waals surface area contributed by atoms with Crippen molar-refractivity contribution in [3.63, 3.8) is 0 Å². The molecule has 0 bridgehead atoms. The van der Waals surface area contributed by atoms with Crippen molar-refractivity contribution in [1.29, 1.82) is 0 Å². The molecule has 104 valence electrons.